The summed E-state index contributed by atoms with van der Waals surface area (Å²) in [5.74, 6) is 0.792. The topological polar surface area (TPSA) is 63.2 Å². The van der Waals surface area contributed by atoms with Crippen molar-refractivity contribution in [2.45, 2.75) is 73.1 Å². The third-order valence-corrected chi connectivity index (χ3v) is 4.58. The highest BCUT2D eigenvalue weighted by Crippen LogP contribution is 2.22. The van der Waals surface area contributed by atoms with Crippen LogP contribution in [0.4, 0.5) is 0 Å². The number of carbonyl (C=O) groups is 3. The van der Waals surface area contributed by atoms with Gasteiger partial charge >= 0.3 is 0 Å². The summed E-state index contributed by atoms with van der Waals surface area (Å²) in [6.45, 7) is 10.2. The normalized spacial score (nSPS) is 15.0. The molecule has 0 aromatic heterocycles. The molecule has 4 heteroatoms. The molecule has 22 heavy (non-hydrogen) atoms. The predicted molar refractivity (Wildman–Crippen MR) is 89.6 cm³/mol. The van der Waals surface area contributed by atoms with Gasteiger partial charge in [0, 0.05) is 31.2 Å². The number of amides is 1. The first-order valence-corrected chi connectivity index (χ1v) is 8.63. The maximum Gasteiger partial charge on any atom is 0.222 e. The lowest BCUT2D eigenvalue weighted by molar-refractivity contribution is -0.125. The van der Waals surface area contributed by atoms with E-state index < -0.39 is 0 Å². The van der Waals surface area contributed by atoms with E-state index >= 15 is 0 Å². The second kappa shape index (κ2) is 11.4. The molecule has 0 spiro atoms. The van der Waals surface area contributed by atoms with E-state index in [2.05, 4.69) is 19.2 Å². The minimum Gasteiger partial charge on any atom is -0.356 e. The highest BCUT2D eigenvalue weighted by atomic mass is 16.2. The van der Waals surface area contributed by atoms with E-state index in [9.17, 15) is 14.4 Å². The summed E-state index contributed by atoms with van der Waals surface area (Å²) >= 11 is 0. The first-order chi connectivity index (χ1) is 10.3. The molecule has 0 rings (SSSR count). The quantitative estimate of drug-likeness (QED) is 0.561. The summed E-state index contributed by atoms with van der Waals surface area (Å²) in [5, 5.41) is 2.85. The van der Waals surface area contributed by atoms with Crippen LogP contribution in [0.15, 0.2) is 0 Å². The molecule has 4 nitrogen and oxygen atoms in total. The second-order valence-corrected chi connectivity index (χ2v) is 6.38. The van der Waals surface area contributed by atoms with Gasteiger partial charge in [-0.15, -0.1) is 0 Å². The number of rotatable bonds is 12. The summed E-state index contributed by atoms with van der Waals surface area (Å²) in [7, 11) is 0. The number of nitrogens with one attached hydrogen (secondary N) is 1. The van der Waals surface area contributed by atoms with E-state index in [4.69, 9.17) is 0 Å². The van der Waals surface area contributed by atoms with Crippen molar-refractivity contribution in [3.05, 3.63) is 0 Å². The van der Waals surface area contributed by atoms with E-state index in [1.54, 1.807) is 6.92 Å². The van der Waals surface area contributed by atoms with Gasteiger partial charge in [0.25, 0.3) is 0 Å². The Labute approximate surface area is 135 Å². The van der Waals surface area contributed by atoms with Gasteiger partial charge in [0.2, 0.25) is 5.91 Å². The van der Waals surface area contributed by atoms with E-state index in [1.165, 1.54) is 0 Å². The molecular weight excluding hydrogens is 278 g/mol. The Kier molecular flexibility index (Phi) is 10.8. The predicted octanol–water partition coefficient (Wildman–Crippen LogP) is 3.53. The van der Waals surface area contributed by atoms with Crippen molar-refractivity contribution in [3.8, 4) is 0 Å². The van der Waals surface area contributed by atoms with Crippen LogP contribution in [-0.2, 0) is 14.4 Å². The van der Waals surface area contributed by atoms with Crippen LogP contribution in [0.25, 0.3) is 0 Å². The molecule has 128 valence electrons. The molecular formula is C18H33NO3. The van der Waals surface area contributed by atoms with Gasteiger partial charge in [0.1, 0.15) is 11.6 Å². The molecule has 0 saturated heterocycles. The van der Waals surface area contributed by atoms with Gasteiger partial charge in [-0.1, -0.05) is 34.1 Å². The molecule has 3 atom stereocenters. The average Bonchev–Trinajstić information content (AvgIpc) is 2.49. The lowest BCUT2D eigenvalue weighted by atomic mass is 9.84. The molecule has 0 bridgehead atoms. The zero-order valence-corrected chi connectivity index (χ0v) is 14.9. The summed E-state index contributed by atoms with van der Waals surface area (Å²) in [6, 6.07) is 0. The molecule has 0 aliphatic heterocycles. The monoisotopic (exact) mass is 311 g/mol. The van der Waals surface area contributed by atoms with Gasteiger partial charge in [-0.25, -0.2) is 0 Å². The Morgan fingerprint density at radius 2 is 1.64 bits per heavy atom. The Morgan fingerprint density at radius 1 is 1.00 bits per heavy atom. The molecule has 0 radical (unpaired) electrons. The lowest BCUT2D eigenvalue weighted by Gasteiger charge is -2.19. The highest BCUT2D eigenvalue weighted by molar-refractivity contribution is 5.81. The Morgan fingerprint density at radius 3 is 2.14 bits per heavy atom. The largest absolute Gasteiger partial charge is 0.356 e. The highest BCUT2D eigenvalue weighted by Gasteiger charge is 2.21. The van der Waals surface area contributed by atoms with Crippen molar-refractivity contribution < 1.29 is 14.4 Å². The van der Waals surface area contributed by atoms with E-state index in [0.29, 0.717) is 38.1 Å². The molecule has 0 saturated carbocycles. The van der Waals surface area contributed by atoms with Gasteiger partial charge in [0.05, 0.1) is 0 Å². The Balaban J connectivity index is 3.95. The molecule has 0 aliphatic carbocycles. The summed E-state index contributed by atoms with van der Waals surface area (Å²) in [4.78, 5) is 35.1. The van der Waals surface area contributed by atoms with Gasteiger partial charge in [-0.3, -0.25) is 14.4 Å². The number of carbonyl (C=O) groups excluding carboxylic acids is 3. The smallest absolute Gasteiger partial charge is 0.222 e. The summed E-state index contributed by atoms with van der Waals surface area (Å²) < 4.78 is 0. The van der Waals surface area contributed by atoms with Gasteiger partial charge in [-0.2, -0.15) is 0 Å². The third kappa shape index (κ3) is 8.30. The molecule has 1 unspecified atom stereocenters. The van der Waals surface area contributed by atoms with Crippen molar-refractivity contribution in [1.82, 2.24) is 5.32 Å². The SMILES string of the molecule is CCC(C)C(=O)NCCCC(=O)CC[C@H](C(C)=O)[C@@H](C)CC. The van der Waals surface area contributed by atoms with Crippen LogP contribution < -0.4 is 5.32 Å². The zero-order valence-electron chi connectivity index (χ0n) is 14.9. The van der Waals surface area contributed by atoms with Crippen molar-refractivity contribution >= 4 is 17.5 Å². The van der Waals surface area contributed by atoms with Crippen LogP contribution >= 0.6 is 0 Å². The Hall–Kier alpha value is -1.19. The molecule has 1 N–H and O–H groups in total. The standard InChI is InChI=1S/C18H33NO3/c1-6-13(3)17(15(5)20)11-10-16(21)9-8-12-19-18(22)14(4)7-2/h13-14,17H,6-12H2,1-5H3,(H,19,22)/t13-,14?,17-/m0/s1. The minimum atomic E-state index is -0.000874. The first-order valence-electron chi connectivity index (χ1n) is 8.63. The van der Waals surface area contributed by atoms with Gasteiger partial charge in [-0.05, 0) is 32.1 Å². The molecule has 0 aromatic rings. The minimum absolute atomic E-state index is 0.000874. The second-order valence-electron chi connectivity index (χ2n) is 6.38. The van der Waals surface area contributed by atoms with E-state index in [0.717, 1.165) is 12.8 Å². The zero-order chi connectivity index (χ0) is 17.1. The summed E-state index contributed by atoms with van der Waals surface area (Å²) in [5.41, 5.74) is 0. The van der Waals surface area contributed by atoms with Crippen molar-refractivity contribution in [1.29, 1.82) is 0 Å². The van der Waals surface area contributed by atoms with Crippen LogP contribution in [0.3, 0.4) is 0 Å². The van der Waals surface area contributed by atoms with Gasteiger partial charge in [0.15, 0.2) is 0 Å². The van der Waals surface area contributed by atoms with Crippen LogP contribution in [-0.4, -0.2) is 24.0 Å². The fourth-order valence-corrected chi connectivity index (χ4v) is 2.47. The lowest BCUT2D eigenvalue weighted by Crippen LogP contribution is -2.29. The number of hydrogen-bond donors (Lipinski definition) is 1. The average molecular weight is 311 g/mol. The van der Waals surface area contributed by atoms with Crippen LogP contribution in [0, 0.1) is 17.8 Å². The third-order valence-electron chi connectivity index (χ3n) is 4.58. The molecule has 0 aromatic carbocycles. The van der Waals surface area contributed by atoms with Crippen LogP contribution in [0.1, 0.15) is 73.1 Å². The fraction of sp³-hybridized carbons (Fsp3) is 0.833. The van der Waals surface area contributed by atoms with Crippen LogP contribution in [0.2, 0.25) is 0 Å². The van der Waals surface area contributed by atoms with Crippen molar-refractivity contribution in [3.63, 3.8) is 0 Å². The molecule has 0 fully saturated rings. The number of Topliss-reactive ketones (excluding diaryl/α,β-unsaturated/α-hetero) is 2. The molecule has 0 aliphatic rings. The fourth-order valence-electron chi connectivity index (χ4n) is 2.47. The number of hydrogen-bond acceptors (Lipinski definition) is 3. The number of ketones is 2. The maximum absolute atomic E-state index is 11.9. The van der Waals surface area contributed by atoms with Crippen LogP contribution in [0.5, 0.6) is 0 Å². The van der Waals surface area contributed by atoms with E-state index in [1.807, 2.05) is 13.8 Å². The van der Waals surface area contributed by atoms with Gasteiger partial charge < -0.3 is 5.32 Å². The van der Waals surface area contributed by atoms with E-state index in [-0.39, 0.29) is 29.3 Å². The Bertz CT molecular complexity index is 365. The first kappa shape index (κ1) is 20.8. The molecule has 0 heterocycles. The molecule has 1 amide bonds. The van der Waals surface area contributed by atoms with Crippen molar-refractivity contribution in [2.24, 2.45) is 17.8 Å². The van der Waals surface area contributed by atoms with Crippen molar-refractivity contribution in [2.75, 3.05) is 6.54 Å². The maximum atomic E-state index is 11.9. The summed E-state index contributed by atoms with van der Waals surface area (Å²) in [6.07, 6.45) is 4.06.